The van der Waals surface area contributed by atoms with Gasteiger partial charge in [0.15, 0.2) is 0 Å². The zero-order valence-corrected chi connectivity index (χ0v) is 14.8. The Morgan fingerprint density at radius 2 is 1.92 bits per heavy atom. The number of nitrogens with one attached hydrogen (secondary N) is 1. The van der Waals surface area contributed by atoms with Crippen LogP contribution in [-0.4, -0.2) is 24.8 Å². The van der Waals surface area contributed by atoms with E-state index in [4.69, 9.17) is 4.63 Å². The Morgan fingerprint density at radius 3 is 2.80 bits per heavy atom. The van der Waals surface area contributed by atoms with E-state index in [0.29, 0.717) is 11.4 Å². The summed E-state index contributed by atoms with van der Waals surface area (Å²) in [5, 5.41) is 10.4. The van der Waals surface area contributed by atoms with Gasteiger partial charge in [0, 0.05) is 57.5 Å². The first-order valence-corrected chi connectivity index (χ1v) is 8.51. The Morgan fingerprint density at radius 1 is 1.08 bits per heavy atom. The molecule has 0 bridgehead atoms. The van der Waals surface area contributed by atoms with Gasteiger partial charge in [-0.25, -0.2) is 9.61 Å². The largest absolute Gasteiger partial charge is 0.360 e. The van der Waals surface area contributed by atoms with E-state index >= 15 is 0 Å². The standard InChI is InChI=1S/C18H12BrN5O/c1-24-9-14(11-3-2-6-20-18(11)24)17-16(22-25-23-17)13-8-21-15-5-4-10(19)7-12(13)15/h2-9,21H,1H3. The summed E-state index contributed by atoms with van der Waals surface area (Å²) in [5.74, 6) is 0. The van der Waals surface area contributed by atoms with E-state index in [2.05, 4.69) is 42.3 Å². The van der Waals surface area contributed by atoms with Crippen molar-refractivity contribution in [2.24, 2.45) is 7.05 Å². The quantitative estimate of drug-likeness (QED) is 0.477. The Balaban J connectivity index is 1.78. The van der Waals surface area contributed by atoms with Gasteiger partial charge in [-0.15, -0.1) is 0 Å². The van der Waals surface area contributed by atoms with Crippen LogP contribution in [0.1, 0.15) is 0 Å². The number of pyridine rings is 1. The molecular weight excluding hydrogens is 382 g/mol. The molecule has 0 amide bonds. The molecule has 0 spiro atoms. The van der Waals surface area contributed by atoms with Crippen molar-refractivity contribution in [2.75, 3.05) is 0 Å². The molecule has 1 N–H and O–H groups in total. The SMILES string of the molecule is Cn1cc(-c2nonc2-c2c[nH]c3ccc(Br)cc23)c2cccnc21. The van der Waals surface area contributed by atoms with Crippen LogP contribution in [0.25, 0.3) is 44.5 Å². The average molecular weight is 394 g/mol. The molecule has 0 atom stereocenters. The normalized spacial score (nSPS) is 11.6. The maximum Gasteiger partial charge on any atom is 0.145 e. The maximum atomic E-state index is 5.11. The molecule has 0 aliphatic rings. The van der Waals surface area contributed by atoms with E-state index in [1.54, 1.807) is 6.20 Å². The summed E-state index contributed by atoms with van der Waals surface area (Å²) in [5.41, 5.74) is 5.25. The number of hydrogen-bond acceptors (Lipinski definition) is 4. The Hall–Kier alpha value is -2.93. The second-order valence-corrected chi connectivity index (χ2v) is 6.80. The molecule has 5 rings (SSSR count). The third-order valence-electron chi connectivity index (χ3n) is 4.38. The fourth-order valence-corrected chi connectivity index (χ4v) is 3.59. The van der Waals surface area contributed by atoms with Gasteiger partial charge in [-0.1, -0.05) is 15.9 Å². The van der Waals surface area contributed by atoms with Crippen LogP contribution in [-0.2, 0) is 7.05 Å². The highest BCUT2D eigenvalue weighted by Crippen LogP contribution is 2.37. The summed E-state index contributed by atoms with van der Waals surface area (Å²) < 4.78 is 8.09. The summed E-state index contributed by atoms with van der Waals surface area (Å²) in [7, 11) is 1.97. The van der Waals surface area contributed by atoms with E-state index < -0.39 is 0 Å². The lowest BCUT2D eigenvalue weighted by Crippen LogP contribution is -1.85. The highest BCUT2D eigenvalue weighted by atomic mass is 79.9. The van der Waals surface area contributed by atoms with E-state index in [0.717, 1.165) is 37.5 Å². The molecule has 6 nitrogen and oxygen atoms in total. The Bertz CT molecular complexity index is 1230. The number of fused-ring (bicyclic) bond motifs is 2. The summed E-state index contributed by atoms with van der Waals surface area (Å²) in [6, 6.07) is 10.0. The third kappa shape index (κ3) is 2.12. The van der Waals surface area contributed by atoms with Crippen LogP contribution < -0.4 is 0 Å². The van der Waals surface area contributed by atoms with Gasteiger partial charge >= 0.3 is 0 Å². The predicted molar refractivity (Wildman–Crippen MR) is 99.0 cm³/mol. The zero-order chi connectivity index (χ0) is 17.0. The van der Waals surface area contributed by atoms with Crippen LogP contribution in [0.4, 0.5) is 0 Å². The van der Waals surface area contributed by atoms with Crippen LogP contribution in [0, 0.1) is 0 Å². The molecule has 4 heterocycles. The van der Waals surface area contributed by atoms with Crippen LogP contribution in [0.2, 0.25) is 0 Å². The lowest BCUT2D eigenvalue weighted by molar-refractivity contribution is 0.310. The number of rotatable bonds is 2. The van der Waals surface area contributed by atoms with Gasteiger partial charge in [0.05, 0.1) is 0 Å². The number of H-pyrrole nitrogens is 1. The smallest absolute Gasteiger partial charge is 0.145 e. The highest BCUT2D eigenvalue weighted by Gasteiger charge is 2.21. The third-order valence-corrected chi connectivity index (χ3v) is 4.87. The molecule has 0 aliphatic carbocycles. The Labute approximate surface area is 150 Å². The van der Waals surface area contributed by atoms with E-state index in [9.17, 15) is 0 Å². The second-order valence-electron chi connectivity index (χ2n) is 5.88. The van der Waals surface area contributed by atoms with Gasteiger partial charge in [0.2, 0.25) is 0 Å². The van der Waals surface area contributed by atoms with Crippen LogP contribution in [0.15, 0.2) is 58.0 Å². The van der Waals surface area contributed by atoms with E-state index in [1.165, 1.54) is 0 Å². The maximum absolute atomic E-state index is 5.11. The first-order chi connectivity index (χ1) is 12.2. The topological polar surface area (TPSA) is 72.5 Å². The Kier molecular flexibility index (Phi) is 3.05. The molecule has 25 heavy (non-hydrogen) atoms. The van der Waals surface area contributed by atoms with Crippen molar-refractivity contribution in [3.63, 3.8) is 0 Å². The molecule has 0 aliphatic heterocycles. The predicted octanol–water partition coefficient (Wildman–Crippen LogP) is 4.53. The summed E-state index contributed by atoms with van der Waals surface area (Å²) >= 11 is 3.53. The lowest BCUT2D eigenvalue weighted by atomic mass is 10.0. The molecule has 0 unspecified atom stereocenters. The minimum absolute atomic E-state index is 0.708. The van der Waals surface area contributed by atoms with Gasteiger partial charge in [0.25, 0.3) is 0 Å². The number of aromatic amines is 1. The fourth-order valence-electron chi connectivity index (χ4n) is 3.23. The van der Waals surface area contributed by atoms with Crippen molar-refractivity contribution in [3.05, 3.63) is 53.4 Å². The average Bonchev–Trinajstić information content (AvgIpc) is 3.32. The lowest BCUT2D eigenvalue weighted by Gasteiger charge is -1.98. The number of nitrogens with zero attached hydrogens (tertiary/aromatic N) is 4. The molecular formula is C18H12BrN5O. The fraction of sp³-hybridized carbons (Fsp3) is 0.0556. The number of halogens is 1. The van der Waals surface area contributed by atoms with Crippen LogP contribution in [0.3, 0.4) is 0 Å². The van der Waals surface area contributed by atoms with Gasteiger partial charge < -0.3 is 9.55 Å². The summed E-state index contributed by atoms with van der Waals surface area (Å²) in [6.07, 6.45) is 5.72. The summed E-state index contributed by atoms with van der Waals surface area (Å²) in [4.78, 5) is 7.71. The van der Waals surface area contributed by atoms with Gasteiger partial charge in [-0.3, -0.25) is 0 Å². The molecule has 4 aromatic heterocycles. The van der Waals surface area contributed by atoms with Gasteiger partial charge in [-0.2, -0.15) is 0 Å². The molecule has 122 valence electrons. The van der Waals surface area contributed by atoms with Crippen molar-refractivity contribution in [2.45, 2.75) is 0 Å². The van der Waals surface area contributed by atoms with Crippen molar-refractivity contribution < 1.29 is 4.63 Å². The number of aryl methyl sites for hydroxylation is 1. The highest BCUT2D eigenvalue weighted by molar-refractivity contribution is 9.10. The second kappa shape index (κ2) is 5.29. The minimum atomic E-state index is 0.708. The van der Waals surface area contributed by atoms with Crippen molar-refractivity contribution in [1.29, 1.82) is 0 Å². The monoisotopic (exact) mass is 393 g/mol. The van der Waals surface area contributed by atoms with Crippen molar-refractivity contribution >= 4 is 37.9 Å². The van der Waals surface area contributed by atoms with Crippen LogP contribution >= 0.6 is 15.9 Å². The zero-order valence-electron chi connectivity index (χ0n) is 13.2. The molecule has 0 saturated heterocycles. The molecule has 0 radical (unpaired) electrons. The molecule has 0 saturated carbocycles. The number of hydrogen-bond donors (Lipinski definition) is 1. The van der Waals surface area contributed by atoms with Crippen molar-refractivity contribution in [3.8, 4) is 22.5 Å². The number of benzene rings is 1. The number of aromatic nitrogens is 5. The molecule has 1 aromatic carbocycles. The molecule has 5 aromatic rings. The van der Waals surface area contributed by atoms with Gasteiger partial charge in [0.1, 0.15) is 17.0 Å². The summed E-state index contributed by atoms with van der Waals surface area (Å²) in [6.45, 7) is 0. The first-order valence-electron chi connectivity index (χ1n) is 7.72. The molecule has 7 heteroatoms. The van der Waals surface area contributed by atoms with Gasteiger partial charge in [-0.05, 0) is 40.6 Å². The van der Waals surface area contributed by atoms with Crippen LogP contribution in [0.5, 0.6) is 0 Å². The minimum Gasteiger partial charge on any atom is -0.360 e. The van der Waals surface area contributed by atoms with E-state index in [1.807, 2.05) is 48.3 Å². The van der Waals surface area contributed by atoms with E-state index in [-0.39, 0.29) is 0 Å². The van der Waals surface area contributed by atoms with Crippen molar-refractivity contribution in [1.82, 2.24) is 24.8 Å². The molecule has 0 fully saturated rings. The first kappa shape index (κ1) is 14.4.